The quantitative estimate of drug-likeness (QED) is 0.657. The van der Waals surface area contributed by atoms with E-state index in [2.05, 4.69) is 17.5 Å². The SMILES string of the molecule is CC(C)OC(=O)[C@H]1[C@@H](C(=O)N[C@@H](C)c2ccccc2)[C@H]2C=C[C@@H]1CC2. The van der Waals surface area contributed by atoms with Crippen LogP contribution in [0.5, 0.6) is 0 Å². The van der Waals surface area contributed by atoms with Gasteiger partial charge in [0, 0.05) is 0 Å². The number of ether oxygens (including phenoxy) is 1. The number of esters is 1. The predicted octanol–water partition coefficient (Wildman–Crippen LogP) is 3.64. The summed E-state index contributed by atoms with van der Waals surface area (Å²) in [5.74, 6) is -0.741. The van der Waals surface area contributed by atoms with Gasteiger partial charge in [-0.2, -0.15) is 0 Å². The first-order valence-corrected chi connectivity index (χ1v) is 9.21. The van der Waals surface area contributed by atoms with Gasteiger partial charge in [-0.05, 0) is 51.0 Å². The third-order valence-corrected chi connectivity index (χ3v) is 5.33. The zero-order valence-corrected chi connectivity index (χ0v) is 15.1. The van der Waals surface area contributed by atoms with E-state index in [4.69, 9.17) is 4.74 Å². The number of rotatable bonds is 5. The van der Waals surface area contributed by atoms with E-state index in [0.717, 1.165) is 18.4 Å². The number of amides is 1. The summed E-state index contributed by atoms with van der Waals surface area (Å²) in [6, 6.07) is 9.81. The van der Waals surface area contributed by atoms with Crippen LogP contribution >= 0.6 is 0 Å². The van der Waals surface area contributed by atoms with Gasteiger partial charge in [-0.3, -0.25) is 9.59 Å². The van der Waals surface area contributed by atoms with Gasteiger partial charge < -0.3 is 10.1 Å². The molecule has 0 aromatic heterocycles. The van der Waals surface area contributed by atoms with E-state index >= 15 is 0 Å². The predicted molar refractivity (Wildman–Crippen MR) is 96.6 cm³/mol. The molecule has 1 aromatic carbocycles. The molecule has 1 saturated carbocycles. The van der Waals surface area contributed by atoms with E-state index in [1.807, 2.05) is 51.1 Å². The van der Waals surface area contributed by atoms with Crippen molar-refractivity contribution < 1.29 is 14.3 Å². The van der Waals surface area contributed by atoms with E-state index in [9.17, 15) is 9.59 Å². The van der Waals surface area contributed by atoms with Crippen molar-refractivity contribution >= 4 is 11.9 Å². The van der Waals surface area contributed by atoms with E-state index in [-0.39, 0.29) is 47.7 Å². The van der Waals surface area contributed by atoms with Crippen molar-refractivity contribution in [3.8, 4) is 0 Å². The minimum absolute atomic E-state index is 0.0406. The summed E-state index contributed by atoms with van der Waals surface area (Å²) < 4.78 is 5.46. The lowest BCUT2D eigenvalue weighted by Gasteiger charge is -2.43. The molecule has 0 spiro atoms. The summed E-state index contributed by atoms with van der Waals surface area (Å²) in [5.41, 5.74) is 1.06. The van der Waals surface area contributed by atoms with Crippen LogP contribution in [0.2, 0.25) is 0 Å². The highest BCUT2D eigenvalue weighted by Crippen LogP contribution is 2.45. The molecule has 4 rings (SSSR count). The molecule has 4 nitrogen and oxygen atoms in total. The van der Waals surface area contributed by atoms with Crippen molar-refractivity contribution in [2.24, 2.45) is 23.7 Å². The topological polar surface area (TPSA) is 55.4 Å². The molecule has 1 aromatic rings. The number of allylic oxidation sites excluding steroid dienone is 2. The van der Waals surface area contributed by atoms with Gasteiger partial charge in [-0.1, -0.05) is 42.5 Å². The summed E-state index contributed by atoms with van der Waals surface area (Å²) in [7, 11) is 0. The van der Waals surface area contributed by atoms with Crippen molar-refractivity contribution in [1.82, 2.24) is 5.32 Å². The number of carbonyl (C=O) groups excluding carboxylic acids is 2. The Kier molecular flexibility index (Phi) is 5.26. The molecule has 0 aliphatic heterocycles. The molecule has 1 N–H and O–H groups in total. The van der Waals surface area contributed by atoms with Crippen LogP contribution in [-0.2, 0) is 14.3 Å². The Labute approximate surface area is 149 Å². The van der Waals surface area contributed by atoms with Crippen molar-refractivity contribution in [3.05, 3.63) is 48.0 Å². The van der Waals surface area contributed by atoms with Gasteiger partial charge in [0.25, 0.3) is 0 Å². The second kappa shape index (κ2) is 7.42. The minimum Gasteiger partial charge on any atom is -0.463 e. The fourth-order valence-corrected chi connectivity index (χ4v) is 4.12. The van der Waals surface area contributed by atoms with Crippen LogP contribution in [-0.4, -0.2) is 18.0 Å². The minimum atomic E-state index is -0.367. The Bertz CT molecular complexity index is 652. The van der Waals surface area contributed by atoms with Gasteiger partial charge >= 0.3 is 5.97 Å². The van der Waals surface area contributed by atoms with Crippen LogP contribution in [0.3, 0.4) is 0 Å². The summed E-state index contributed by atoms with van der Waals surface area (Å²) >= 11 is 0. The van der Waals surface area contributed by atoms with E-state index < -0.39 is 0 Å². The molecule has 3 aliphatic carbocycles. The maximum atomic E-state index is 13.0. The fraction of sp³-hybridized carbons (Fsp3) is 0.524. The number of hydrogen-bond acceptors (Lipinski definition) is 3. The highest BCUT2D eigenvalue weighted by atomic mass is 16.5. The van der Waals surface area contributed by atoms with Gasteiger partial charge in [0.15, 0.2) is 0 Å². The second-order valence-corrected chi connectivity index (χ2v) is 7.47. The highest BCUT2D eigenvalue weighted by molar-refractivity contribution is 5.87. The van der Waals surface area contributed by atoms with Crippen LogP contribution in [0, 0.1) is 23.7 Å². The van der Waals surface area contributed by atoms with Gasteiger partial charge in [0.2, 0.25) is 5.91 Å². The van der Waals surface area contributed by atoms with E-state index in [1.54, 1.807) is 0 Å². The average molecular weight is 341 g/mol. The summed E-state index contributed by atoms with van der Waals surface area (Å²) in [6.07, 6.45) is 5.97. The summed E-state index contributed by atoms with van der Waals surface area (Å²) in [6.45, 7) is 5.67. The molecule has 25 heavy (non-hydrogen) atoms. The molecule has 2 bridgehead atoms. The molecule has 134 valence electrons. The fourth-order valence-electron chi connectivity index (χ4n) is 4.12. The molecule has 1 amide bonds. The number of fused-ring (bicyclic) bond motifs is 2. The Morgan fingerprint density at radius 1 is 1.00 bits per heavy atom. The lowest BCUT2D eigenvalue weighted by Crippen LogP contribution is -2.50. The highest BCUT2D eigenvalue weighted by Gasteiger charge is 2.49. The Hall–Kier alpha value is -2.10. The molecule has 5 atom stereocenters. The Balaban J connectivity index is 1.76. The molecule has 4 heteroatoms. The first-order chi connectivity index (χ1) is 12.0. The lowest BCUT2D eigenvalue weighted by molar-refractivity contribution is -0.162. The maximum Gasteiger partial charge on any atom is 0.310 e. The Morgan fingerprint density at radius 3 is 2.16 bits per heavy atom. The van der Waals surface area contributed by atoms with Gasteiger partial charge in [0.1, 0.15) is 0 Å². The molecule has 0 radical (unpaired) electrons. The van der Waals surface area contributed by atoms with Gasteiger partial charge in [0.05, 0.1) is 24.0 Å². The normalized spacial score (nSPS) is 28.6. The van der Waals surface area contributed by atoms with Crippen molar-refractivity contribution in [2.75, 3.05) is 0 Å². The van der Waals surface area contributed by atoms with Gasteiger partial charge in [-0.25, -0.2) is 0 Å². The molecular formula is C21H27NO3. The molecule has 0 unspecified atom stereocenters. The summed E-state index contributed by atoms with van der Waals surface area (Å²) in [5, 5.41) is 3.11. The number of carbonyl (C=O) groups is 2. The first-order valence-electron chi connectivity index (χ1n) is 9.21. The van der Waals surface area contributed by atoms with Crippen LogP contribution in [0.4, 0.5) is 0 Å². The molecule has 1 fully saturated rings. The lowest BCUT2D eigenvalue weighted by atomic mass is 9.62. The smallest absolute Gasteiger partial charge is 0.310 e. The van der Waals surface area contributed by atoms with Crippen LogP contribution in [0.15, 0.2) is 42.5 Å². The molecule has 3 aliphatic rings. The zero-order valence-electron chi connectivity index (χ0n) is 15.1. The monoisotopic (exact) mass is 341 g/mol. The van der Waals surface area contributed by atoms with Crippen LogP contribution < -0.4 is 5.32 Å². The standard InChI is InChI=1S/C21H27NO3/c1-13(2)25-21(24)19-17-11-9-16(10-12-17)18(19)20(23)22-14(3)15-7-5-4-6-8-15/h4-9,11,13-14,16-19H,10,12H2,1-3H3,(H,22,23)/t14-,16-,17+,18-,19+/m0/s1. The molecule has 0 heterocycles. The number of benzene rings is 1. The number of nitrogens with one attached hydrogen (secondary N) is 1. The third-order valence-electron chi connectivity index (χ3n) is 5.33. The van der Waals surface area contributed by atoms with Crippen molar-refractivity contribution in [2.45, 2.75) is 45.8 Å². The third kappa shape index (κ3) is 3.78. The van der Waals surface area contributed by atoms with E-state index in [0.29, 0.717) is 0 Å². The average Bonchev–Trinajstić information content (AvgIpc) is 2.62. The largest absolute Gasteiger partial charge is 0.463 e. The zero-order chi connectivity index (χ0) is 18.0. The number of hydrogen-bond donors (Lipinski definition) is 1. The van der Waals surface area contributed by atoms with E-state index in [1.165, 1.54) is 0 Å². The second-order valence-electron chi connectivity index (χ2n) is 7.47. The van der Waals surface area contributed by atoms with Crippen LogP contribution in [0.1, 0.15) is 45.2 Å². The van der Waals surface area contributed by atoms with Crippen molar-refractivity contribution in [3.63, 3.8) is 0 Å². The first kappa shape index (κ1) is 17.7. The van der Waals surface area contributed by atoms with Crippen molar-refractivity contribution in [1.29, 1.82) is 0 Å². The molecular weight excluding hydrogens is 314 g/mol. The van der Waals surface area contributed by atoms with Gasteiger partial charge in [-0.15, -0.1) is 0 Å². The summed E-state index contributed by atoms with van der Waals surface area (Å²) in [4.78, 5) is 25.7. The molecule has 0 saturated heterocycles. The van der Waals surface area contributed by atoms with Crippen LogP contribution in [0.25, 0.3) is 0 Å². The Morgan fingerprint density at radius 2 is 1.60 bits per heavy atom. The maximum absolute atomic E-state index is 13.0.